The Kier molecular flexibility index (Phi) is 7.87. The van der Waals surface area contributed by atoms with Crippen molar-refractivity contribution in [2.45, 2.75) is 46.7 Å². The van der Waals surface area contributed by atoms with Crippen LogP contribution < -0.4 is 15.6 Å². The fourth-order valence-corrected chi connectivity index (χ4v) is 15.4. The molecule has 5 heteroatoms. The molecular formula is C27H36NO2PSi. The third-order valence-corrected chi connectivity index (χ3v) is 15.7. The van der Waals surface area contributed by atoms with Crippen LogP contribution in [0.15, 0.2) is 102 Å². The van der Waals surface area contributed by atoms with Crippen molar-refractivity contribution in [3.63, 3.8) is 0 Å². The van der Waals surface area contributed by atoms with E-state index in [4.69, 9.17) is 0 Å². The van der Waals surface area contributed by atoms with E-state index in [9.17, 15) is 9.79 Å². The van der Waals surface area contributed by atoms with Gasteiger partial charge in [0.15, 0.2) is 0 Å². The van der Waals surface area contributed by atoms with Crippen molar-refractivity contribution < 1.29 is 9.79 Å². The first-order valence-corrected chi connectivity index (χ1v) is 15.2. The zero-order valence-corrected chi connectivity index (χ0v) is 21.7. The molecule has 0 saturated heterocycles. The van der Waals surface area contributed by atoms with Crippen molar-refractivity contribution in [2.24, 2.45) is 0 Å². The zero-order valence-electron chi connectivity index (χ0n) is 19.7. The maximum atomic E-state index is 12.1. The van der Waals surface area contributed by atoms with Gasteiger partial charge in [-0.25, -0.2) is 0 Å². The molecule has 0 radical (unpaired) electrons. The summed E-state index contributed by atoms with van der Waals surface area (Å²) in [5, 5.41) is 3.45. The molecule has 2 N–H and O–H groups in total. The predicted octanol–water partition coefficient (Wildman–Crippen LogP) is 4.20. The molecule has 0 bridgehead atoms. The first-order valence-electron chi connectivity index (χ1n) is 11.3. The summed E-state index contributed by atoms with van der Waals surface area (Å²) in [4.78, 5) is 25.0. The van der Waals surface area contributed by atoms with Crippen LogP contribution in [-0.4, -0.2) is 34.6 Å². The Bertz CT molecular complexity index is 917. The van der Waals surface area contributed by atoms with Crippen molar-refractivity contribution in [1.29, 1.82) is 0 Å². The van der Waals surface area contributed by atoms with Crippen LogP contribution in [0.4, 0.5) is 0 Å². The second kappa shape index (κ2) is 10.2. The van der Waals surface area contributed by atoms with E-state index in [0.29, 0.717) is 0 Å². The Hall–Kier alpha value is -2.07. The van der Waals surface area contributed by atoms with E-state index < -0.39 is 15.9 Å². The van der Waals surface area contributed by atoms with E-state index in [-0.39, 0.29) is 12.1 Å². The van der Waals surface area contributed by atoms with E-state index in [0.717, 1.165) is 20.5 Å². The Morgan fingerprint density at radius 2 is 1.00 bits per heavy atom. The minimum absolute atomic E-state index is 0.000590. The second-order valence-electron chi connectivity index (χ2n) is 8.78. The number of nitrogens with zero attached hydrogens (tertiary/aromatic N) is 1. The number of rotatable bonds is 8. The molecule has 3 aromatic carbocycles. The molecule has 0 unspecified atom stereocenters. The van der Waals surface area contributed by atoms with E-state index in [1.807, 2.05) is 63.6 Å². The summed E-state index contributed by atoms with van der Waals surface area (Å²) in [6.45, 7) is 10.1. The molecule has 0 aliphatic rings. The third-order valence-electron chi connectivity index (χ3n) is 6.15. The summed E-state index contributed by atoms with van der Waals surface area (Å²) >= 11 is 0. The van der Waals surface area contributed by atoms with Gasteiger partial charge in [-0.2, -0.15) is 0 Å². The molecule has 32 heavy (non-hydrogen) atoms. The average molecular weight is 466 g/mol. The van der Waals surface area contributed by atoms with Gasteiger partial charge in [0.1, 0.15) is 0 Å². The number of hydrogen-bond donors (Lipinski definition) is 2. The van der Waals surface area contributed by atoms with Crippen molar-refractivity contribution in [3.8, 4) is 0 Å². The van der Waals surface area contributed by atoms with Crippen molar-refractivity contribution in [2.75, 3.05) is 0 Å². The summed E-state index contributed by atoms with van der Waals surface area (Å²) < 4.78 is 1.93. The molecule has 3 aromatic rings. The monoisotopic (exact) mass is 465 g/mol. The molecule has 170 valence electrons. The van der Waals surface area contributed by atoms with Gasteiger partial charge in [-0.15, -0.1) is 0 Å². The molecule has 0 atom stereocenters. The first-order chi connectivity index (χ1) is 15.3. The van der Waals surface area contributed by atoms with Crippen LogP contribution in [-0.2, 0) is 0 Å². The standard InChI is InChI=1S/C27H36NO2PSi/c1-6-27(31(29,30)28(22(2)3)23(4)5)32(24-16-10-7-11-17-24,25-18-12-8-13-19-25)26-20-14-9-15-21-26/h6-23,29-31H,1-5H3. The van der Waals surface area contributed by atoms with Gasteiger partial charge in [0.05, 0.1) is 0 Å². The average Bonchev–Trinajstić information content (AvgIpc) is 2.78. The molecule has 0 fully saturated rings. The molecule has 0 saturated carbocycles. The summed E-state index contributed by atoms with van der Waals surface area (Å²) in [5.41, 5.74) is 0. The van der Waals surface area contributed by atoms with Crippen LogP contribution in [0.5, 0.6) is 0 Å². The van der Waals surface area contributed by atoms with Crippen LogP contribution in [0.25, 0.3) is 0 Å². The molecule has 3 rings (SSSR count). The van der Waals surface area contributed by atoms with Crippen molar-refractivity contribution in [1.82, 2.24) is 4.67 Å². The van der Waals surface area contributed by atoms with Gasteiger partial charge in [0.25, 0.3) is 0 Å². The van der Waals surface area contributed by atoms with Gasteiger partial charge < -0.3 is 0 Å². The van der Waals surface area contributed by atoms with Crippen LogP contribution in [0, 0.1) is 0 Å². The van der Waals surface area contributed by atoms with Crippen LogP contribution in [0.2, 0.25) is 0 Å². The minimum atomic E-state index is -4.02. The molecule has 3 nitrogen and oxygen atoms in total. The van der Waals surface area contributed by atoms with Crippen LogP contribution in [0.3, 0.4) is 0 Å². The molecule has 0 amide bonds. The molecule has 0 aliphatic heterocycles. The summed E-state index contributed by atoms with van der Waals surface area (Å²) in [5.74, 6) is 0. The maximum absolute atomic E-state index is 12.1. The SMILES string of the molecule is CC=C([Si](c1ccccc1)(c1ccccc1)c1ccccc1)[PH](O)(O)N(C(C)C)C(C)C. The van der Waals surface area contributed by atoms with Gasteiger partial charge in [0, 0.05) is 0 Å². The van der Waals surface area contributed by atoms with Crippen molar-refractivity contribution >= 4 is 31.5 Å². The molecule has 0 spiro atoms. The van der Waals surface area contributed by atoms with Crippen LogP contribution >= 0.6 is 7.87 Å². The van der Waals surface area contributed by atoms with Gasteiger partial charge in [-0.1, -0.05) is 0 Å². The normalized spacial score (nSPS) is 13.8. The summed E-state index contributed by atoms with van der Waals surface area (Å²) in [6, 6.07) is 31.3. The van der Waals surface area contributed by atoms with E-state index in [1.54, 1.807) is 0 Å². The number of allylic oxidation sites excluding steroid dienone is 1. The summed E-state index contributed by atoms with van der Waals surface area (Å²) in [7, 11) is -6.98. The zero-order chi connectivity index (χ0) is 23.4. The van der Waals surface area contributed by atoms with Gasteiger partial charge in [0.2, 0.25) is 0 Å². The first kappa shape index (κ1) is 24.6. The molecule has 0 heterocycles. The number of benzene rings is 3. The second-order valence-corrected chi connectivity index (χ2v) is 15.4. The van der Waals surface area contributed by atoms with Crippen LogP contribution in [0.1, 0.15) is 34.6 Å². The van der Waals surface area contributed by atoms with Gasteiger partial charge in [-0.05, 0) is 0 Å². The van der Waals surface area contributed by atoms with E-state index >= 15 is 0 Å². The van der Waals surface area contributed by atoms with E-state index in [1.165, 1.54) is 0 Å². The van der Waals surface area contributed by atoms with Gasteiger partial charge in [-0.3, -0.25) is 0 Å². The predicted molar refractivity (Wildman–Crippen MR) is 143 cm³/mol. The Labute approximate surface area is 194 Å². The Morgan fingerprint density at radius 1 is 0.688 bits per heavy atom. The third kappa shape index (κ3) is 4.39. The van der Waals surface area contributed by atoms with Gasteiger partial charge >= 0.3 is 195 Å². The fourth-order valence-electron chi connectivity index (χ4n) is 5.15. The van der Waals surface area contributed by atoms with Crippen molar-refractivity contribution in [3.05, 3.63) is 102 Å². The summed E-state index contributed by atoms with van der Waals surface area (Å²) in [6.07, 6.45) is 1.99. The molecule has 0 aromatic heterocycles. The topological polar surface area (TPSA) is 43.7 Å². The number of hydrogen-bond acceptors (Lipinski definition) is 3. The Morgan fingerprint density at radius 3 is 1.25 bits per heavy atom. The molecule has 0 aliphatic carbocycles. The Balaban J connectivity index is 2.46. The van der Waals surface area contributed by atoms with E-state index in [2.05, 4.69) is 72.8 Å². The molecular weight excluding hydrogens is 429 g/mol. The fraction of sp³-hybridized carbons (Fsp3) is 0.259. The quantitative estimate of drug-likeness (QED) is 0.298.